The summed E-state index contributed by atoms with van der Waals surface area (Å²) in [5, 5.41) is 20.4. The van der Waals surface area contributed by atoms with Crippen molar-refractivity contribution in [3.8, 4) is 0 Å². The first-order valence-corrected chi connectivity index (χ1v) is 12.9. The fraction of sp³-hybridized carbons (Fsp3) is 0.750. The SMILES string of the molecule is CCC(O)(CC)CCCC(C)C1=CCCC(=CC=C2CC(O)CC(F)C2=O)CCCC1C. The molecule has 0 aromatic carbocycles. The summed E-state index contributed by atoms with van der Waals surface area (Å²) in [7, 11) is 0. The van der Waals surface area contributed by atoms with Crippen molar-refractivity contribution in [3.63, 3.8) is 0 Å². The van der Waals surface area contributed by atoms with E-state index >= 15 is 0 Å². The van der Waals surface area contributed by atoms with Gasteiger partial charge in [-0.2, -0.15) is 0 Å². The van der Waals surface area contributed by atoms with Gasteiger partial charge in [0.25, 0.3) is 0 Å². The minimum absolute atomic E-state index is 0.0768. The summed E-state index contributed by atoms with van der Waals surface area (Å²) in [6.45, 7) is 8.79. The van der Waals surface area contributed by atoms with Gasteiger partial charge in [-0.05, 0) is 69.6 Å². The van der Waals surface area contributed by atoms with Gasteiger partial charge in [-0.15, -0.1) is 0 Å². The number of carbonyl (C=O) groups is 1. The Hall–Kier alpha value is -1.26. The summed E-state index contributed by atoms with van der Waals surface area (Å²) < 4.78 is 13.8. The number of ketones is 1. The van der Waals surface area contributed by atoms with Crippen LogP contribution in [0.15, 0.2) is 34.9 Å². The molecule has 4 unspecified atom stereocenters. The number of rotatable bonds is 8. The number of hydrogen-bond acceptors (Lipinski definition) is 3. The molecule has 4 atom stereocenters. The van der Waals surface area contributed by atoms with Crippen molar-refractivity contribution < 1.29 is 19.4 Å². The van der Waals surface area contributed by atoms with E-state index < -0.39 is 23.7 Å². The molecule has 1 saturated carbocycles. The lowest BCUT2D eigenvalue weighted by Gasteiger charge is -2.27. The van der Waals surface area contributed by atoms with E-state index in [0.29, 0.717) is 17.4 Å². The quantitative estimate of drug-likeness (QED) is 0.318. The highest BCUT2D eigenvalue weighted by Gasteiger charge is 2.31. The van der Waals surface area contributed by atoms with Crippen molar-refractivity contribution in [2.45, 2.75) is 123 Å². The van der Waals surface area contributed by atoms with Gasteiger partial charge >= 0.3 is 0 Å². The maximum Gasteiger partial charge on any atom is 0.193 e. The zero-order valence-corrected chi connectivity index (χ0v) is 20.7. The van der Waals surface area contributed by atoms with Crippen molar-refractivity contribution in [2.24, 2.45) is 11.8 Å². The van der Waals surface area contributed by atoms with Crippen molar-refractivity contribution in [1.29, 1.82) is 0 Å². The molecule has 4 heteroatoms. The zero-order chi connectivity index (χ0) is 23.7. The lowest BCUT2D eigenvalue weighted by molar-refractivity contribution is -0.123. The second-order valence-electron chi connectivity index (χ2n) is 10.2. The Labute approximate surface area is 194 Å². The molecule has 0 bridgehead atoms. The van der Waals surface area contributed by atoms with Gasteiger partial charge in [-0.1, -0.05) is 63.5 Å². The van der Waals surface area contributed by atoms with Crippen molar-refractivity contribution in [2.75, 3.05) is 0 Å². The minimum Gasteiger partial charge on any atom is -0.393 e. The third kappa shape index (κ3) is 7.95. The van der Waals surface area contributed by atoms with Crippen LogP contribution in [0.1, 0.15) is 105 Å². The highest BCUT2D eigenvalue weighted by atomic mass is 19.1. The van der Waals surface area contributed by atoms with Crippen LogP contribution in [-0.2, 0) is 4.79 Å². The van der Waals surface area contributed by atoms with Crippen LogP contribution in [-0.4, -0.2) is 33.9 Å². The van der Waals surface area contributed by atoms with Gasteiger partial charge in [-0.25, -0.2) is 4.39 Å². The van der Waals surface area contributed by atoms with Crippen LogP contribution in [0, 0.1) is 11.8 Å². The van der Waals surface area contributed by atoms with Gasteiger partial charge in [0.1, 0.15) is 0 Å². The van der Waals surface area contributed by atoms with Gasteiger partial charge in [0.05, 0.1) is 11.7 Å². The molecule has 2 N–H and O–H groups in total. The van der Waals surface area contributed by atoms with Crippen LogP contribution in [0.25, 0.3) is 0 Å². The van der Waals surface area contributed by atoms with E-state index in [2.05, 4.69) is 33.8 Å². The molecule has 182 valence electrons. The van der Waals surface area contributed by atoms with Gasteiger partial charge in [0.2, 0.25) is 0 Å². The molecule has 0 aromatic heterocycles. The molecule has 0 radical (unpaired) electrons. The van der Waals surface area contributed by atoms with Gasteiger partial charge in [0, 0.05) is 18.4 Å². The van der Waals surface area contributed by atoms with E-state index in [9.17, 15) is 19.4 Å². The molecule has 0 aromatic rings. The maximum absolute atomic E-state index is 13.8. The van der Waals surface area contributed by atoms with E-state index in [1.54, 1.807) is 11.6 Å². The average Bonchev–Trinajstić information content (AvgIpc) is 2.85. The van der Waals surface area contributed by atoms with Crippen molar-refractivity contribution >= 4 is 5.78 Å². The van der Waals surface area contributed by atoms with Gasteiger partial charge in [0.15, 0.2) is 12.0 Å². The van der Waals surface area contributed by atoms with E-state index in [1.165, 1.54) is 5.57 Å². The standard InChI is InChI=1S/C28H45FO3/c1-5-28(32,6-2)17-9-11-21(4)25-14-8-13-22(12-7-10-20(25)3)15-16-23-18-24(30)19-26(29)27(23)31/h14-16,20-21,24,26,30,32H,5-13,17-19H2,1-4H3. The van der Waals surface area contributed by atoms with Crippen LogP contribution >= 0.6 is 0 Å². The molecule has 1 fully saturated rings. The van der Waals surface area contributed by atoms with Gasteiger partial charge < -0.3 is 10.2 Å². The molecule has 0 saturated heterocycles. The number of alkyl halides is 1. The second kappa shape index (κ2) is 12.8. The summed E-state index contributed by atoms with van der Waals surface area (Å²) >= 11 is 0. The average molecular weight is 449 g/mol. The highest BCUT2D eigenvalue weighted by molar-refractivity contribution is 5.99. The third-order valence-electron chi connectivity index (χ3n) is 7.77. The molecule has 0 amide bonds. The summed E-state index contributed by atoms with van der Waals surface area (Å²) in [6.07, 6.45) is 13.9. The van der Waals surface area contributed by atoms with Crippen molar-refractivity contribution in [1.82, 2.24) is 0 Å². The van der Waals surface area contributed by atoms with Crippen LogP contribution in [0.3, 0.4) is 0 Å². The molecule has 2 aliphatic carbocycles. The monoisotopic (exact) mass is 448 g/mol. The molecule has 3 nitrogen and oxygen atoms in total. The predicted molar refractivity (Wildman–Crippen MR) is 130 cm³/mol. The number of hydrogen-bond donors (Lipinski definition) is 2. The van der Waals surface area contributed by atoms with E-state index in [-0.39, 0.29) is 12.8 Å². The topological polar surface area (TPSA) is 57.5 Å². The maximum atomic E-state index is 13.8. The van der Waals surface area contributed by atoms with E-state index in [1.807, 2.05) is 6.08 Å². The van der Waals surface area contributed by atoms with Gasteiger partial charge in [-0.3, -0.25) is 4.79 Å². The molecular formula is C28H45FO3. The largest absolute Gasteiger partial charge is 0.393 e. The number of aliphatic hydroxyl groups is 2. The molecule has 2 rings (SSSR count). The third-order valence-corrected chi connectivity index (χ3v) is 7.77. The zero-order valence-electron chi connectivity index (χ0n) is 20.7. The smallest absolute Gasteiger partial charge is 0.193 e. The summed E-state index contributed by atoms with van der Waals surface area (Å²) in [5.74, 6) is 0.623. The first kappa shape index (κ1) is 27.0. The Morgan fingerprint density at radius 1 is 1.25 bits per heavy atom. The summed E-state index contributed by atoms with van der Waals surface area (Å²) in [4.78, 5) is 12.1. The highest BCUT2D eigenvalue weighted by Crippen LogP contribution is 2.33. The van der Waals surface area contributed by atoms with E-state index in [4.69, 9.17) is 0 Å². The lowest BCUT2D eigenvalue weighted by Crippen LogP contribution is -2.31. The number of allylic oxidation sites excluding steroid dienone is 5. The Kier molecular flexibility index (Phi) is 10.8. The Morgan fingerprint density at radius 3 is 2.66 bits per heavy atom. The number of carbonyl (C=O) groups excluding carboxylic acids is 1. The van der Waals surface area contributed by atoms with Crippen molar-refractivity contribution in [3.05, 3.63) is 34.9 Å². The number of halogens is 1. The Balaban J connectivity index is 1.99. The Morgan fingerprint density at radius 2 is 1.97 bits per heavy atom. The first-order chi connectivity index (χ1) is 15.2. The number of aliphatic hydroxyl groups excluding tert-OH is 1. The fourth-order valence-corrected chi connectivity index (χ4v) is 5.27. The minimum atomic E-state index is -1.57. The molecule has 32 heavy (non-hydrogen) atoms. The molecule has 0 aliphatic heterocycles. The van der Waals surface area contributed by atoms with Crippen LogP contribution < -0.4 is 0 Å². The summed E-state index contributed by atoms with van der Waals surface area (Å²) in [5.41, 5.74) is 2.76. The van der Waals surface area contributed by atoms with E-state index in [0.717, 1.165) is 64.2 Å². The van der Waals surface area contributed by atoms with Crippen LogP contribution in [0.2, 0.25) is 0 Å². The first-order valence-electron chi connectivity index (χ1n) is 12.9. The Bertz CT molecular complexity index is 701. The molecule has 2 aliphatic rings. The van der Waals surface area contributed by atoms with Crippen LogP contribution in [0.4, 0.5) is 4.39 Å². The normalized spacial score (nSPS) is 29.4. The molecule has 0 spiro atoms. The van der Waals surface area contributed by atoms with Crippen LogP contribution in [0.5, 0.6) is 0 Å². The fourth-order valence-electron chi connectivity index (χ4n) is 5.27. The number of Topliss-reactive ketones (excluding diaryl/α,β-unsaturated/α-hetero) is 1. The molecular weight excluding hydrogens is 403 g/mol. The predicted octanol–water partition coefficient (Wildman–Crippen LogP) is 6.79. The molecule has 0 heterocycles. The summed E-state index contributed by atoms with van der Waals surface area (Å²) in [6, 6.07) is 0. The second-order valence-corrected chi connectivity index (χ2v) is 10.2. The lowest BCUT2D eigenvalue weighted by atomic mass is 9.82.